The van der Waals surface area contributed by atoms with Gasteiger partial charge in [-0.1, -0.05) is 43.2 Å². The molecular formula is C26H40N4O4. The van der Waals surface area contributed by atoms with Crippen molar-refractivity contribution in [2.75, 3.05) is 52.4 Å². The van der Waals surface area contributed by atoms with Crippen LogP contribution in [0.4, 0.5) is 4.79 Å². The largest absolute Gasteiger partial charge is 0.480 e. The summed E-state index contributed by atoms with van der Waals surface area (Å²) in [6.45, 7) is 9.15. The van der Waals surface area contributed by atoms with Crippen LogP contribution in [0.15, 0.2) is 30.3 Å². The molecule has 3 heterocycles. The minimum Gasteiger partial charge on any atom is -0.480 e. The lowest BCUT2D eigenvalue weighted by molar-refractivity contribution is -0.139. The Morgan fingerprint density at radius 2 is 1.71 bits per heavy atom. The minimum absolute atomic E-state index is 0.0275. The molecule has 0 radical (unpaired) electrons. The Hall–Kier alpha value is -2.16. The van der Waals surface area contributed by atoms with Gasteiger partial charge in [0.25, 0.3) is 0 Å². The number of amides is 1. The van der Waals surface area contributed by atoms with Crippen molar-refractivity contribution < 1.29 is 19.4 Å². The van der Waals surface area contributed by atoms with Crippen LogP contribution in [0.2, 0.25) is 0 Å². The molecule has 3 saturated heterocycles. The third-order valence-electron chi connectivity index (χ3n) is 7.70. The van der Waals surface area contributed by atoms with Crippen LogP contribution in [0.3, 0.4) is 0 Å². The van der Waals surface area contributed by atoms with Crippen molar-refractivity contribution in [3.8, 4) is 0 Å². The van der Waals surface area contributed by atoms with Gasteiger partial charge in [-0.2, -0.15) is 0 Å². The van der Waals surface area contributed by atoms with E-state index in [1.54, 1.807) is 0 Å². The number of benzene rings is 1. The summed E-state index contributed by atoms with van der Waals surface area (Å²) >= 11 is 0. The summed E-state index contributed by atoms with van der Waals surface area (Å²) in [7, 11) is 0. The number of carboxylic acids is 1. The van der Waals surface area contributed by atoms with Crippen molar-refractivity contribution >= 4 is 12.1 Å². The average molecular weight is 473 g/mol. The van der Waals surface area contributed by atoms with Gasteiger partial charge in [-0.25, -0.2) is 4.79 Å². The zero-order chi connectivity index (χ0) is 23.9. The topological polar surface area (TPSA) is 76.6 Å². The van der Waals surface area contributed by atoms with Gasteiger partial charge >= 0.3 is 12.1 Å². The molecule has 0 aliphatic carbocycles. The molecule has 1 N–H and O–H groups in total. The second-order valence-electron chi connectivity index (χ2n) is 10.1. The predicted octanol–water partition coefficient (Wildman–Crippen LogP) is 2.94. The van der Waals surface area contributed by atoms with Crippen molar-refractivity contribution in [3.63, 3.8) is 0 Å². The van der Waals surface area contributed by atoms with Gasteiger partial charge < -0.3 is 14.7 Å². The molecule has 0 bridgehead atoms. The molecule has 0 saturated carbocycles. The van der Waals surface area contributed by atoms with Crippen LogP contribution in [0, 0.1) is 5.92 Å². The molecule has 1 aromatic carbocycles. The maximum absolute atomic E-state index is 12.5. The fraction of sp³-hybridized carbons (Fsp3) is 0.692. The zero-order valence-electron chi connectivity index (χ0n) is 20.5. The van der Waals surface area contributed by atoms with E-state index in [0.29, 0.717) is 13.1 Å². The minimum atomic E-state index is -0.793. The van der Waals surface area contributed by atoms with E-state index in [4.69, 9.17) is 9.84 Å². The molecule has 8 heteroatoms. The highest BCUT2D eigenvalue weighted by Gasteiger charge is 2.42. The molecule has 3 aliphatic rings. The van der Waals surface area contributed by atoms with E-state index in [9.17, 15) is 9.59 Å². The number of rotatable bonds is 10. The van der Waals surface area contributed by atoms with Crippen molar-refractivity contribution in [2.45, 2.75) is 57.8 Å². The summed E-state index contributed by atoms with van der Waals surface area (Å²) < 4.78 is 5.72. The number of unbranched alkanes of at least 4 members (excludes halogenated alkanes) is 1. The Labute approximate surface area is 203 Å². The molecule has 4 rings (SSSR count). The Bertz CT molecular complexity index is 791. The normalized spacial score (nSPS) is 25.6. The first-order chi connectivity index (χ1) is 16.5. The Morgan fingerprint density at radius 3 is 2.38 bits per heavy atom. The van der Waals surface area contributed by atoms with E-state index >= 15 is 0 Å². The van der Waals surface area contributed by atoms with Crippen LogP contribution in [-0.2, 0) is 16.1 Å². The smallest absolute Gasteiger partial charge is 0.411 e. The summed E-state index contributed by atoms with van der Waals surface area (Å²) in [5, 5.41) is 8.97. The first kappa shape index (κ1) is 24.9. The maximum Gasteiger partial charge on any atom is 0.411 e. The third kappa shape index (κ3) is 6.71. The molecular weight excluding hydrogens is 432 g/mol. The molecule has 188 valence electrons. The third-order valence-corrected chi connectivity index (χ3v) is 7.70. The van der Waals surface area contributed by atoms with Gasteiger partial charge in [-0.05, 0) is 50.8 Å². The van der Waals surface area contributed by atoms with Crippen LogP contribution >= 0.6 is 0 Å². The summed E-state index contributed by atoms with van der Waals surface area (Å²) in [5.74, 6) is 0.00264. The summed E-state index contributed by atoms with van der Waals surface area (Å²) in [5.41, 5.74) is 1.40. The van der Waals surface area contributed by atoms with Gasteiger partial charge in [-0.3, -0.25) is 19.5 Å². The predicted molar refractivity (Wildman–Crippen MR) is 130 cm³/mol. The number of hydrogen-bond acceptors (Lipinski definition) is 6. The highest BCUT2D eigenvalue weighted by molar-refractivity contribution is 5.70. The Kier molecular flexibility index (Phi) is 8.80. The number of nitrogens with zero attached hydrogens (tertiary/aromatic N) is 4. The van der Waals surface area contributed by atoms with E-state index < -0.39 is 5.97 Å². The molecule has 0 spiro atoms. The first-order valence-corrected chi connectivity index (χ1v) is 12.9. The quantitative estimate of drug-likeness (QED) is 0.525. The van der Waals surface area contributed by atoms with Gasteiger partial charge in [0.1, 0.15) is 0 Å². The van der Waals surface area contributed by atoms with Crippen molar-refractivity contribution in [3.05, 3.63) is 35.9 Å². The van der Waals surface area contributed by atoms with Crippen LogP contribution < -0.4 is 0 Å². The number of cyclic esters (lactones) is 1. The molecule has 2 unspecified atom stereocenters. The first-order valence-electron chi connectivity index (χ1n) is 12.9. The maximum atomic E-state index is 12.5. The van der Waals surface area contributed by atoms with Gasteiger partial charge in [0.05, 0.1) is 12.6 Å². The van der Waals surface area contributed by atoms with E-state index in [1.807, 2.05) is 9.80 Å². The van der Waals surface area contributed by atoms with Gasteiger partial charge in [0.2, 0.25) is 0 Å². The van der Waals surface area contributed by atoms with E-state index in [-0.39, 0.29) is 24.9 Å². The molecule has 3 aliphatic heterocycles. The van der Waals surface area contributed by atoms with Gasteiger partial charge in [0, 0.05) is 39.3 Å². The number of carboxylic acid groups (broad SMARTS) is 1. The van der Waals surface area contributed by atoms with E-state index in [0.717, 1.165) is 44.9 Å². The Morgan fingerprint density at radius 1 is 1.00 bits per heavy atom. The van der Waals surface area contributed by atoms with E-state index in [2.05, 4.69) is 47.1 Å². The number of carbonyl (C=O) groups excluding carboxylic acids is 1. The number of ether oxygens (including phenoxy) is 1. The Balaban J connectivity index is 1.12. The number of piperazine rings is 1. The second kappa shape index (κ2) is 12.0. The zero-order valence-corrected chi connectivity index (χ0v) is 20.5. The molecule has 0 aromatic heterocycles. The van der Waals surface area contributed by atoms with Crippen molar-refractivity contribution in [1.82, 2.24) is 19.6 Å². The molecule has 34 heavy (non-hydrogen) atoms. The number of likely N-dealkylation sites (tertiary alicyclic amines) is 1. The highest BCUT2D eigenvalue weighted by Crippen LogP contribution is 2.26. The summed E-state index contributed by atoms with van der Waals surface area (Å²) in [4.78, 5) is 32.0. The number of aliphatic carboxylic acids is 1. The van der Waals surface area contributed by atoms with Gasteiger partial charge in [-0.15, -0.1) is 0 Å². The second-order valence-corrected chi connectivity index (χ2v) is 10.1. The van der Waals surface area contributed by atoms with Crippen LogP contribution in [0.25, 0.3) is 0 Å². The lowest BCUT2D eigenvalue weighted by atomic mass is 9.91. The number of hydrogen-bond donors (Lipinski definition) is 1. The monoisotopic (exact) mass is 472 g/mol. The van der Waals surface area contributed by atoms with Crippen LogP contribution in [-0.4, -0.2) is 101 Å². The molecule has 1 amide bonds. The summed E-state index contributed by atoms with van der Waals surface area (Å²) in [6, 6.07) is 10.7. The van der Waals surface area contributed by atoms with Crippen LogP contribution in [0.5, 0.6) is 0 Å². The fourth-order valence-electron chi connectivity index (χ4n) is 5.62. The van der Waals surface area contributed by atoms with Crippen molar-refractivity contribution in [1.29, 1.82) is 0 Å². The van der Waals surface area contributed by atoms with Crippen molar-refractivity contribution in [2.24, 2.45) is 5.92 Å². The molecule has 1 aromatic rings. The van der Waals surface area contributed by atoms with Crippen LogP contribution in [0.1, 0.15) is 44.6 Å². The molecule has 2 atom stereocenters. The molecule has 8 nitrogen and oxygen atoms in total. The highest BCUT2D eigenvalue weighted by atomic mass is 16.6. The van der Waals surface area contributed by atoms with Gasteiger partial charge in [0.15, 0.2) is 6.23 Å². The number of piperidine rings is 1. The van der Waals surface area contributed by atoms with E-state index in [1.165, 1.54) is 37.9 Å². The SMILES string of the molecule is CC1C(N2CCN(CC(=O)O)CC2)OC(=O)N1CCCCC1CCN(Cc2ccccc2)CC1. The standard InChI is InChI=1S/C26H40N4O4/c1-21-25(29-17-15-28(16-18-29)20-24(31)32)34-26(33)30(21)12-6-5-7-22-10-13-27(14-11-22)19-23-8-3-2-4-9-23/h2-4,8-9,21-22,25H,5-7,10-20H2,1H3,(H,31,32). The lowest BCUT2D eigenvalue weighted by Gasteiger charge is -2.37. The fourth-order valence-corrected chi connectivity index (χ4v) is 5.62. The molecule has 3 fully saturated rings. The number of carbonyl (C=O) groups is 2. The summed E-state index contributed by atoms with van der Waals surface area (Å²) in [6.07, 6.45) is 5.51. The average Bonchev–Trinajstić information content (AvgIpc) is 3.12. The lowest BCUT2D eigenvalue weighted by Crippen LogP contribution is -2.54.